The van der Waals surface area contributed by atoms with Crippen LogP contribution in [0, 0.1) is 0 Å². The van der Waals surface area contributed by atoms with Crippen molar-refractivity contribution in [1.82, 2.24) is 14.5 Å². The molecule has 0 bridgehead atoms. The Morgan fingerprint density at radius 1 is 1.64 bits per heavy atom. The van der Waals surface area contributed by atoms with Crippen molar-refractivity contribution in [3.05, 3.63) is 12.5 Å². The lowest BCUT2D eigenvalue weighted by Crippen LogP contribution is -2.44. The molecule has 0 aliphatic carbocycles. The molecule has 1 saturated heterocycles. The van der Waals surface area contributed by atoms with E-state index in [9.17, 15) is 0 Å². The summed E-state index contributed by atoms with van der Waals surface area (Å²) in [6, 6.07) is 0.544. The average molecular weight is 152 g/mol. The van der Waals surface area contributed by atoms with Crippen molar-refractivity contribution in [2.75, 3.05) is 25.9 Å². The molecule has 1 fully saturated rings. The van der Waals surface area contributed by atoms with Crippen LogP contribution in [-0.4, -0.2) is 34.6 Å². The summed E-state index contributed by atoms with van der Waals surface area (Å²) >= 11 is 0. The summed E-state index contributed by atoms with van der Waals surface area (Å²) in [6.45, 7) is 2.17. The molecule has 0 unspecified atom stereocenters. The van der Waals surface area contributed by atoms with E-state index >= 15 is 0 Å². The first kappa shape index (κ1) is 6.67. The summed E-state index contributed by atoms with van der Waals surface area (Å²) in [6.07, 6.45) is 3.49. The largest absolute Gasteiger partial charge is 0.384 e. The predicted octanol–water partition coefficient (Wildman–Crippen LogP) is -0.0482. The van der Waals surface area contributed by atoms with Crippen LogP contribution in [0.4, 0.5) is 5.82 Å². The molecular weight excluding hydrogens is 140 g/mol. The van der Waals surface area contributed by atoms with Gasteiger partial charge in [-0.15, -0.1) is 0 Å². The van der Waals surface area contributed by atoms with Crippen LogP contribution in [-0.2, 0) is 0 Å². The van der Waals surface area contributed by atoms with Crippen LogP contribution in [0.1, 0.15) is 6.04 Å². The van der Waals surface area contributed by atoms with Crippen molar-refractivity contribution in [2.24, 2.45) is 0 Å². The van der Waals surface area contributed by atoms with Crippen LogP contribution >= 0.6 is 0 Å². The Morgan fingerprint density at radius 2 is 2.36 bits per heavy atom. The van der Waals surface area contributed by atoms with Crippen molar-refractivity contribution in [2.45, 2.75) is 6.04 Å². The number of nitrogen functional groups attached to an aromatic ring is 1. The van der Waals surface area contributed by atoms with E-state index in [0.717, 1.165) is 18.9 Å². The number of hydrogen-bond donors (Lipinski definition) is 1. The van der Waals surface area contributed by atoms with Gasteiger partial charge in [0.25, 0.3) is 0 Å². The molecule has 4 nitrogen and oxygen atoms in total. The fourth-order valence-electron chi connectivity index (χ4n) is 1.46. The molecule has 0 atom stereocenters. The molecule has 0 aromatic carbocycles. The molecule has 0 radical (unpaired) electrons. The third-order valence-corrected chi connectivity index (χ3v) is 2.13. The van der Waals surface area contributed by atoms with Crippen molar-refractivity contribution in [3.8, 4) is 0 Å². The molecule has 1 aliphatic heterocycles. The number of anilines is 1. The van der Waals surface area contributed by atoms with Crippen LogP contribution in [0.3, 0.4) is 0 Å². The van der Waals surface area contributed by atoms with Crippen molar-refractivity contribution < 1.29 is 0 Å². The predicted molar refractivity (Wildman–Crippen MR) is 43.2 cm³/mol. The highest BCUT2D eigenvalue weighted by Gasteiger charge is 2.25. The smallest absolute Gasteiger partial charge is 0.123 e. The first-order chi connectivity index (χ1) is 5.27. The van der Waals surface area contributed by atoms with E-state index in [0.29, 0.717) is 6.04 Å². The molecule has 60 valence electrons. The van der Waals surface area contributed by atoms with E-state index in [1.54, 1.807) is 12.5 Å². The quantitative estimate of drug-likeness (QED) is 0.614. The second-order valence-electron chi connectivity index (χ2n) is 3.10. The SMILES string of the molecule is CN1CC(n2cncc2N)C1. The number of likely N-dealkylation sites (tertiary alicyclic amines) is 1. The van der Waals surface area contributed by atoms with Gasteiger partial charge in [0.1, 0.15) is 5.82 Å². The van der Waals surface area contributed by atoms with Gasteiger partial charge in [-0.05, 0) is 7.05 Å². The first-order valence-electron chi connectivity index (χ1n) is 3.73. The molecule has 1 aromatic heterocycles. The maximum atomic E-state index is 5.68. The summed E-state index contributed by atoms with van der Waals surface area (Å²) in [5.74, 6) is 0.767. The standard InChI is InChI=1S/C7H12N4/c1-10-3-6(4-10)11-5-9-2-7(11)8/h2,5-6H,3-4,8H2,1H3. The Hall–Kier alpha value is -1.03. The zero-order valence-electron chi connectivity index (χ0n) is 6.57. The van der Waals surface area contributed by atoms with Gasteiger partial charge in [-0.1, -0.05) is 0 Å². The summed E-state index contributed by atoms with van der Waals surface area (Å²) < 4.78 is 2.03. The van der Waals surface area contributed by atoms with Crippen LogP contribution in [0.2, 0.25) is 0 Å². The number of hydrogen-bond acceptors (Lipinski definition) is 3. The van der Waals surface area contributed by atoms with Crippen molar-refractivity contribution in [3.63, 3.8) is 0 Å². The monoisotopic (exact) mass is 152 g/mol. The Balaban J connectivity index is 2.12. The van der Waals surface area contributed by atoms with Gasteiger partial charge < -0.3 is 15.2 Å². The van der Waals surface area contributed by atoms with E-state index in [1.165, 1.54) is 0 Å². The minimum atomic E-state index is 0.544. The van der Waals surface area contributed by atoms with Gasteiger partial charge in [-0.2, -0.15) is 0 Å². The third-order valence-electron chi connectivity index (χ3n) is 2.13. The molecule has 0 amide bonds. The topological polar surface area (TPSA) is 47.1 Å². The number of nitrogens with zero attached hydrogens (tertiary/aromatic N) is 3. The van der Waals surface area contributed by atoms with Crippen LogP contribution in [0.5, 0.6) is 0 Å². The van der Waals surface area contributed by atoms with E-state index in [4.69, 9.17) is 5.73 Å². The van der Waals surface area contributed by atoms with Crippen LogP contribution in [0.15, 0.2) is 12.5 Å². The van der Waals surface area contributed by atoms with Gasteiger partial charge in [0.05, 0.1) is 18.6 Å². The molecule has 2 N–H and O–H groups in total. The normalized spacial score (nSPS) is 20.1. The first-order valence-corrected chi connectivity index (χ1v) is 3.73. The Morgan fingerprint density at radius 3 is 2.82 bits per heavy atom. The minimum Gasteiger partial charge on any atom is -0.384 e. The Bertz CT molecular complexity index is 249. The maximum absolute atomic E-state index is 5.68. The molecule has 0 saturated carbocycles. The second-order valence-corrected chi connectivity index (χ2v) is 3.10. The van der Waals surface area contributed by atoms with Crippen molar-refractivity contribution >= 4 is 5.82 Å². The maximum Gasteiger partial charge on any atom is 0.123 e. The Labute approximate surface area is 65.6 Å². The molecule has 11 heavy (non-hydrogen) atoms. The van der Waals surface area contributed by atoms with Gasteiger partial charge >= 0.3 is 0 Å². The molecule has 1 aromatic rings. The number of imidazole rings is 1. The highest BCUT2D eigenvalue weighted by molar-refractivity contribution is 5.26. The molecular formula is C7H12N4. The summed E-state index contributed by atoms with van der Waals surface area (Å²) in [7, 11) is 2.10. The van der Waals surface area contributed by atoms with Gasteiger partial charge in [-0.3, -0.25) is 0 Å². The number of likely N-dealkylation sites (N-methyl/N-ethyl adjacent to an activating group) is 1. The molecule has 0 spiro atoms. The van der Waals surface area contributed by atoms with Gasteiger partial charge in [0, 0.05) is 13.1 Å². The van der Waals surface area contributed by atoms with Gasteiger partial charge in [0.15, 0.2) is 0 Å². The molecule has 2 rings (SSSR count). The fourth-order valence-corrected chi connectivity index (χ4v) is 1.46. The van der Waals surface area contributed by atoms with E-state index < -0.39 is 0 Å². The zero-order valence-corrected chi connectivity index (χ0v) is 6.57. The minimum absolute atomic E-state index is 0.544. The van der Waals surface area contributed by atoms with Crippen molar-refractivity contribution in [1.29, 1.82) is 0 Å². The number of rotatable bonds is 1. The summed E-state index contributed by atoms with van der Waals surface area (Å²) in [4.78, 5) is 6.22. The van der Waals surface area contributed by atoms with Gasteiger partial charge in [-0.25, -0.2) is 4.98 Å². The number of nitrogens with two attached hydrogens (primary N) is 1. The van der Waals surface area contributed by atoms with E-state index in [-0.39, 0.29) is 0 Å². The lowest BCUT2D eigenvalue weighted by Gasteiger charge is -2.37. The van der Waals surface area contributed by atoms with Crippen LogP contribution in [0.25, 0.3) is 0 Å². The molecule has 2 heterocycles. The summed E-state index contributed by atoms with van der Waals surface area (Å²) in [5, 5.41) is 0. The lowest BCUT2D eigenvalue weighted by atomic mass is 10.1. The lowest BCUT2D eigenvalue weighted by molar-refractivity contribution is 0.142. The van der Waals surface area contributed by atoms with E-state index in [2.05, 4.69) is 16.9 Å². The summed E-state index contributed by atoms with van der Waals surface area (Å²) in [5.41, 5.74) is 5.68. The number of aromatic nitrogens is 2. The fraction of sp³-hybridized carbons (Fsp3) is 0.571. The molecule has 4 heteroatoms. The highest BCUT2D eigenvalue weighted by Crippen LogP contribution is 2.21. The van der Waals surface area contributed by atoms with Gasteiger partial charge in [0.2, 0.25) is 0 Å². The highest BCUT2D eigenvalue weighted by atomic mass is 15.3. The molecule has 1 aliphatic rings. The third kappa shape index (κ3) is 0.991. The Kier molecular flexibility index (Phi) is 1.35. The zero-order chi connectivity index (χ0) is 7.84. The van der Waals surface area contributed by atoms with E-state index in [1.807, 2.05) is 4.57 Å². The average Bonchev–Trinajstić information content (AvgIpc) is 2.29. The second kappa shape index (κ2) is 2.23. The van der Waals surface area contributed by atoms with Crippen LogP contribution < -0.4 is 5.73 Å².